The van der Waals surface area contributed by atoms with E-state index in [9.17, 15) is 4.79 Å². The number of carbonyl (C=O) groups is 1. The molecular weight excluding hydrogens is 456 g/mol. The highest BCUT2D eigenvalue weighted by molar-refractivity contribution is 6.08. The summed E-state index contributed by atoms with van der Waals surface area (Å²) in [6.45, 7) is 4.09. The van der Waals surface area contributed by atoms with Gasteiger partial charge in [0, 0.05) is 23.2 Å². The van der Waals surface area contributed by atoms with Crippen LogP contribution in [0.3, 0.4) is 0 Å². The van der Waals surface area contributed by atoms with E-state index in [1.807, 2.05) is 61.0 Å². The second kappa shape index (κ2) is 9.53. The van der Waals surface area contributed by atoms with Crippen LogP contribution < -0.4 is 14.8 Å². The molecule has 0 aliphatic rings. The van der Waals surface area contributed by atoms with Gasteiger partial charge in [-0.1, -0.05) is 18.2 Å². The average Bonchev–Trinajstić information content (AvgIpc) is 3.54. The molecule has 9 nitrogen and oxygen atoms in total. The Morgan fingerprint density at radius 3 is 2.47 bits per heavy atom. The molecule has 0 bridgehead atoms. The van der Waals surface area contributed by atoms with Crippen molar-refractivity contribution in [2.24, 2.45) is 0 Å². The standard InChI is InChI=1S/C27H26N6O3/c1-17(2)33-26-19(14-29-33)12-20(15-28-26)30-27(34)22-16-32(21-8-6-5-7-9-21)31-25(22)18-10-11-23(35-3)24(13-18)36-4/h5-17H,1-4H3,(H,30,34). The fourth-order valence-corrected chi connectivity index (χ4v) is 4.03. The molecule has 0 saturated carbocycles. The van der Waals surface area contributed by atoms with Crippen molar-refractivity contribution in [1.82, 2.24) is 24.5 Å². The van der Waals surface area contributed by atoms with Crippen LogP contribution in [0, 0.1) is 0 Å². The van der Waals surface area contributed by atoms with Crippen molar-refractivity contribution in [3.05, 3.63) is 78.8 Å². The number of anilines is 1. The Bertz CT molecular complexity index is 1540. The number of hydrogen-bond donors (Lipinski definition) is 1. The zero-order valence-electron chi connectivity index (χ0n) is 20.5. The summed E-state index contributed by atoms with van der Waals surface area (Å²) in [5.74, 6) is 0.836. The molecule has 9 heteroatoms. The van der Waals surface area contributed by atoms with Crippen molar-refractivity contribution in [3.63, 3.8) is 0 Å². The molecule has 0 fully saturated rings. The lowest BCUT2D eigenvalue weighted by Crippen LogP contribution is -2.12. The molecule has 1 amide bonds. The van der Waals surface area contributed by atoms with E-state index >= 15 is 0 Å². The van der Waals surface area contributed by atoms with Crippen molar-refractivity contribution in [3.8, 4) is 28.4 Å². The maximum atomic E-state index is 13.5. The molecule has 0 atom stereocenters. The van der Waals surface area contributed by atoms with Gasteiger partial charge in [-0.25, -0.2) is 14.3 Å². The van der Waals surface area contributed by atoms with Gasteiger partial charge >= 0.3 is 0 Å². The van der Waals surface area contributed by atoms with E-state index in [2.05, 4.69) is 15.4 Å². The number of nitrogens with one attached hydrogen (secondary N) is 1. The van der Waals surface area contributed by atoms with Crippen molar-refractivity contribution >= 4 is 22.6 Å². The van der Waals surface area contributed by atoms with Crippen LogP contribution in [0.25, 0.3) is 28.0 Å². The highest BCUT2D eigenvalue weighted by Crippen LogP contribution is 2.34. The Hall–Kier alpha value is -4.66. The van der Waals surface area contributed by atoms with Crippen LogP contribution in [-0.4, -0.2) is 44.7 Å². The Balaban J connectivity index is 1.54. The number of ether oxygens (including phenoxy) is 2. The van der Waals surface area contributed by atoms with Crippen LogP contribution in [-0.2, 0) is 0 Å². The molecule has 1 N–H and O–H groups in total. The lowest BCUT2D eigenvalue weighted by molar-refractivity contribution is 0.102. The third-order valence-electron chi connectivity index (χ3n) is 5.82. The summed E-state index contributed by atoms with van der Waals surface area (Å²) in [7, 11) is 3.15. The second-order valence-electron chi connectivity index (χ2n) is 8.52. The van der Waals surface area contributed by atoms with Crippen LogP contribution in [0.2, 0.25) is 0 Å². The SMILES string of the molecule is COc1ccc(-c2nn(-c3ccccc3)cc2C(=O)Nc2cnc3c(cnn3C(C)C)c2)cc1OC. The number of aromatic nitrogens is 5. The molecule has 0 saturated heterocycles. The van der Waals surface area contributed by atoms with Crippen LogP contribution in [0.4, 0.5) is 5.69 Å². The van der Waals surface area contributed by atoms with Crippen LogP contribution in [0.15, 0.2) is 73.2 Å². The number of hydrogen-bond acceptors (Lipinski definition) is 6. The van der Waals surface area contributed by atoms with Crippen molar-refractivity contribution in [1.29, 1.82) is 0 Å². The number of para-hydroxylation sites is 1. The number of amides is 1. The molecule has 36 heavy (non-hydrogen) atoms. The van der Waals surface area contributed by atoms with Crippen LogP contribution in [0.5, 0.6) is 11.5 Å². The minimum absolute atomic E-state index is 0.184. The third kappa shape index (κ3) is 4.26. The Morgan fingerprint density at radius 1 is 0.972 bits per heavy atom. The van der Waals surface area contributed by atoms with Gasteiger partial charge < -0.3 is 14.8 Å². The maximum Gasteiger partial charge on any atom is 0.259 e. The summed E-state index contributed by atoms with van der Waals surface area (Å²) in [5, 5.41) is 13.0. The summed E-state index contributed by atoms with van der Waals surface area (Å²) in [6, 6.07) is 17.1. The van der Waals surface area contributed by atoms with Gasteiger partial charge in [0.25, 0.3) is 5.91 Å². The molecular formula is C27H26N6O3. The van der Waals surface area contributed by atoms with Gasteiger partial charge in [0.15, 0.2) is 17.1 Å². The molecule has 2 aromatic carbocycles. The molecule has 0 aliphatic carbocycles. The first-order valence-corrected chi connectivity index (χ1v) is 11.5. The number of nitrogens with zero attached hydrogens (tertiary/aromatic N) is 5. The first kappa shape index (κ1) is 23.1. The van der Waals surface area contributed by atoms with E-state index in [-0.39, 0.29) is 11.9 Å². The topological polar surface area (TPSA) is 96.1 Å². The average molecular weight is 483 g/mol. The fourth-order valence-electron chi connectivity index (χ4n) is 4.03. The van der Waals surface area contributed by atoms with Gasteiger partial charge in [-0.2, -0.15) is 10.2 Å². The molecule has 3 aromatic heterocycles. The van der Waals surface area contributed by atoms with Gasteiger partial charge in [-0.15, -0.1) is 0 Å². The molecule has 5 aromatic rings. The summed E-state index contributed by atoms with van der Waals surface area (Å²) < 4.78 is 14.4. The van der Waals surface area contributed by atoms with Gasteiger partial charge in [-0.05, 0) is 50.2 Å². The Kier molecular flexibility index (Phi) is 6.12. The monoisotopic (exact) mass is 482 g/mol. The summed E-state index contributed by atoms with van der Waals surface area (Å²) in [4.78, 5) is 18.0. The van der Waals surface area contributed by atoms with E-state index in [0.717, 1.165) is 22.3 Å². The van der Waals surface area contributed by atoms with Crippen LogP contribution in [0.1, 0.15) is 30.2 Å². The first-order valence-electron chi connectivity index (χ1n) is 11.5. The van der Waals surface area contributed by atoms with Gasteiger partial charge in [0.1, 0.15) is 5.69 Å². The summed E-state index contributed by atoms with van der Waals surface area (Å²) in [6.07, 6.45) is 5.11. The molecule has 5 rings (SSSR count). The normalized spacial score (nSPS) is 11.1. The summed E-state index contributed by atoms with van der Waals surface area (Å²) >= 11 is 0. The highest BCUT2D eigenvalue weighted by Gasteiger charge is 2.21. The number of fused-ring (bicyclic) bond motifs is 1. The number of carbonyl (C=O) groups excluding carboxylic acids is 1. The second-order valence-corrected chi connectivity index (χ2v) is 8.52. The van der Waals surface area contributed by atoms with E-state index in [1.165, 1.54) is 0 Å². The van der Waals surface area contributed by atoms with Crippen molar-refractivity contribution < 1.29 is 14.3 Å². The first-order chi connectivity index (χ1) is 17.5. The van der Waals surface area contributed by atoms with E-state index in [0.29, 0.717) is 28.4 Å². The molecule has 0 radical (unpaired) electrons. The molecule has 0 unspecified atom stereocenters. The summed E-state index contributed by atoms with van der Waals surface area (Å²) in [5.41, 5.74) is 3.82. The van der Waals surface area contributed by atoms with E-state index in [4.69, 9.17) is 14.6 Å². The number of rotatable bonds is 7. The van der Waals surface area contributed by atoms with Gasteiger partial charge in [0.05, 0.1) is 43.6 Å². The van der Waals surface area contributed by atoms with Crippen LogP contribution >= 0.6 is 0 Å². The number of methoxy groups -OCH3 is 2. The number of pyridine rings is 1. The van der Waals surface area contributed by atoms with E-state index < -0.39 is 0 Å². The molecule has 0 aliphatic heterocycles. The molecule has 182 valence electrons. The minimum atomic E-state index is -0.306. The van der Waals surface area contributed by atoms with E-state index in [1.54, 1.807) is 49.6 Å². The Morgan fingerprint density at radius 2 is 1.75 bits per heavy atom. The van der Waals surface area contributed by atoms with Crippen molar-refractivity contribution in [2.45, 2.75) is 19.9 Å². The predicted molar refractivity (Wildman–Crippen MR) is 138 cm³/mol. The zero-order valence-corrected chi connectivity index (χ0v) is 20.5. The fraction of sp³-hybridized carbons (Fsp3) is 0.185. The largest absolute Gasteiger partial charge is 0.493 e. The zero-order chi connectivity index (χ0) is 25.2. The predicted octanol–water partition coefficient (Wildman–Crippen LogP) is 5.13. The Labute approximate surface area is 208 Å². The maximum absolute atomic E-state index is 13.5. The highest BCUT2D eigenvalue weighted by atomic mass is 16.5. The molecule has 3 heterocycles. The smallest absolute Gasteiger partial charge is 0.259 e. The lowest BCUT2D eigenvalue weighted by atomic mass is 10.1. The number of benzene rings is 2. The van der Waals surface area contributed by atoms with Crippen molar-refractivity contribution in [2.75, 3.05) is 19.5 Å². The molecule has 0 spiro atoms. The van der Waals surface area contributed by atoms with Gasteiger partial charge in [0.2, 0.25) is 0 Å². The third-order valence-corrected chi connectivity index (χ3v) is 5.82. The quantitative estimate of drug-likeness (QED) is 0.345. The van der Waals surface area contributed by atoms with Gasteiger partial charge in [-0.3, -0.25) is 4.79 Å². The lowest BCUT2D eigenvalue weighted by Gasteiger charge is -2.10. The minimum Gasteiger partial charge on any atom is -0.493 e.